The lowest BCUT2D eigenvalue weighted by Crippen LogP contribution is -2.12. The van der Waals surface area contributed by atoms with Crippen molar-refractivity contribution in [2.24, 2.45) is 0 Å². The van der Waals surface area contributed by atoms with E-state index in [-0.39, 0.29) is 0 Å². The summed E-state index contributed by atoms with van der Waals surface area (Å²) in [5.74, 6) is -0.553. The largest absolute Gasteiger partial charge is 0.453 e. The molecule has 0 amide bonds. The third-order valence-electron chi connectivity index (χ3n) is 2.02. The summed E-state index contributed by atoms with van der Waals surface area (Å²) < 4.78 is 37.8. The quantitative estimate of drug-likeness (QED) is 0.624. The fraction of sp³-hybridized carbons (Fsp3) is 0.714. The first-order chi connectivity index (χ1) is 6.07. The molecule has 6 heteroatoms. The monoisotopic (exact) mass is 191 g/mol. The molecule has 0 N–H and O–H groups in total. The molecule has 1 aromatic heterocycles. The lowest BCUT2D eigenvalue weighted by atomic mass is 10.2. The van der Waals surface area contributed by atoms with E-state index in [4.69, 9.17) is 0 Å². The number of aromatic nitrogens is 3. The number of alkyl halides is 3. The molecule has 0 radical (unpaired) electrons. The van der Waals surface area contributed by atoms with Crippen molar-refractivity contribution in [3.8, 4) is 0 Å². The highest BCUT2D eigenvalue weighted by Crippen LogP contribution is 2.27. The molecule has 0 aliphatic carbocycles. The van der Waals surface area contributed by atoms with Gasteiger partial charge in [0.1, 0.15) is 5.82 Å². The van der Waals surface area contributed by atoms with Crippen molar-refractivity contribution in [1.82, 2.24) is 14.8 Å². The summed E-state index contributed by atoms with van der Waals surface area (Å²) in [5.41, 5.74) is 0. The Bertz CT molecular complexity index is 292. The van der Waals surface area contributed by atoms with Gasteiger partial charge >= 0.3 is 6.18 Å². The number of rotatable bonds is 0. The fourth-order valence-electron chi connectivity index (χ4n) is 1.40. The van der Waals surface area contributed by atoms with Gasteiger partial charge in [0, 0.05) is 13.0 Å². The molecule has 0 saturated heterocycles. The van der Waals surface area contributed by atoms with Crippen molar-refractivity contribution in [2.45, 2.75) is 32.0 Å². The number of hydrogen-bond donors (Lipinski definition) is 0. The summed E-state index contributed by atoms with van der Waals surface area (Å²) in [6.07, 6.45) is -2.03. The molecule has 0 fully saturated rings. The highest BCUT2D eigenvalue weighted by Gasteiger charge is 2.37. The molecule has 1 aromatic rings. The van der Waals surface area contributed by atoms with Crippen molar-refractivity contribution in [3.05, 3.63) is 11.6 Å². The predicted octanol–water partition coefficient (Wildman–Crippen LogP) is 1.63. The summed E-state index contributed by atoms with van der Waals surface area (Å²) in [4.78, 5) is 3.45. The van der Waals surface area contributed by atoms with E-state index < -0.39 is 12.0 Å². The second-order valence-corrected chi connectivity index (χ2v) is 3.03. The Balaban J connectivity index is 2.36. The van der Waals surface area contributed by atoms with E-state index in [2.05, 4.69) is 10.1 Å². The standard InChI is InChI=1S/C7H8F3N3/c8-7(9,10)6-11-5-3-1-2-4-13(5)12-6/h1-4H2. The maximum Gasteiger partial charge on any atom is 0.453 e. The summed E-state index contributed by atoms with van der Waals surface area (Å²) >= 11 is 0. The van der Waals surface area contributed by atoms with Crippen LogP contribution in [0.2, 0.25) is 0 Å². The molecule has 2 rings (SSSR count). The Morgan fingerprint density at radius 1 is 1.23 bits per heavy atom. The second-order valence-electron chi connectivity index (χ2n) is 3.03. The zero-order valence-corrected chi connectivity index (χ0v) is 6.80. The lowest BCUT2D eigenvalue weighted by molar-refractivity contribution is -0.145. The number of aryl methyl sites for hydroxylation is 2. The van der Waals surface area contributed by atoms with Crippen LogP contribution in [0.5, 0.6) is 0 Å². The smallest absolute Gasteiger partial charge is 0.249 e. The van der Waals surface area contributed by atoms with Gasteiger partial charge in [-0.25, -0.2) is 9.67 Å². The molecular formula is C7H8F3N3. The van der Waals surface area contributed by atoms with E-state index >= 15 is 0 Å². The highest BCUT2D eigenvalue weighted by molar-refractivity contribution is 4.98. The lowest BCUT2D eigenvalue weighted by Gasteiger charge is -2.09. The van der Waals surface area contributed by atoms with Gasteiger partial charge in [0.15, 0.2) is 0 Å². The molecule has 2 heterocycles. The van der Waals surface area contributed by atoms with Gasteiger partial charge in [0.25, 0.3) is 5.82 Å². The zero-order valence-electron chi connectivity index (χ0n) is 6.80. The van der Waals surface area contributed by atoms with Gasteiger partial charge in [0.05, 0.1) is 0 Å². The first-order valence-electron chi connectivity index (χ1n) is 4.08. The Morgan fingerprint density at radius 2 is 2.00 bits per heavy atom. The average Bonchev–Trinajstić information content (AvgIpc) is 2.45. The first-order valence-corrected chi connectivity index (χ1v) is 4.08. The molecule has 0 aromatic carbocycles. The molecule has 1 aliphatic rings. The van der Waals surface area contributed by atoms with Crippen molar-refractivity contribution in [1.29, 1.82) is 0 Å². The summed E-state index contributed by atoms with van der Waals surface area (Å²) in [5, 5.41) is 3.40. The maximum absolute atomic E-state index is 12.1. The van der Waals surface area contributed by atoms with Crippen LogP contribution in [0.3, 0.4) is 0 Å². The average molecular weight is 191 g/mol. The molecule has 13 heavy (non-hydrogen) atoms. The minimum Gasteiger partial charge on any atom is -0.249 e. The Hall–Kier alpha value is -1.07. The van der Waals surface area contributed by atoms with E-state index in [1.807, 2.05) is 0 Å². The summed E-state index contributed by atoms with van der Waals surface area (Å²) in [7, 11) is 0. The highest BCUT2D eigenvalue weighted by atomic mass is 19.4. The fourth-order valence-corrected chi connectivity index (χ4v) is 1.40. The van der Waals surface area contributed by atoms with Crippen molar-refractivity contribution in [2.75, 3.05) is 0 Å². The number of halogens is 3. The normalized spacial score (nSPS) is 17.2. The molecule has 3 nitrogen and oxygen atoms in total. The van der Waals surface area contributed by atoms with Crippen LogP contribution in [0, 0.1) is 0 Å². The van der Waals surface area contributed by atoms with Gasteiger partial charge in [-0.05, 0) is 12.8 Å². The van der Waals surface area contributed by atoms with Crippen LogP contribution >= 0.6 is 0 Å². The third-order valence-corrected chi connectivity index (χ3v) is 2.02. The van der Waals surface area contributed by atoms with Gasteiger partial charge in [-0.15, -0.1) is 5.10 Å². The van der Waals surface area contributed by atoms with E-state index in [1.54, 1.807) is 0 Å². The van der Waals surface area contributed by atoms with Crippen LogP contribution in [0.1, 0.15) is 24.5 Å². The van der Waals surface area contributed by atoms with Gasteiger partial charge in [-0.2, -0.15) is 13.2 Å². The van der Waals surface area contributed by atoms with Crippen molar-refractivity contribution >= 4 is 0 Å². The number of hydrogen-bond acceptors (Lipinski definition) is 2. The predicted molar refractivity (Wildman–Crippen MR) is 38.0 cm³/mol. The Morgan fingerprint density at radius 3 is 2.62 bits per heavy atom. The maximum atomic E-state index is 12.1. The molecule has 1 aliphatic heterocycles. The van der Waals surface area contributed by atoms with E-state index in [0.29, 0.717) is 18.8 Å². The molecule has 72 valence electrons. The van der Waals surface area contributed by atoms with E-state index in [9.17, 15) is 13.2 Å². The SMILES string of the molecule is FC(F)(F)c1nc2n(n1)CCCC2. The molecule has 0 unspecified atom stereocenters. The van der Waals surface area contributed by atoms with Crippen LogP contribution in [-0.2, 0) is 19.1 Å². The van der Waals surface area contributed by atoms with Crippen LogP contribution in [0.25, 0.3) is 0 Å². The minimum absolute atomic E-state index is 0.457. The molecular weight excluding hydrogens is 183 g/mol. The van der Waals surface area contributed by atoms with Crippen LogP contribution in [0.15, 0.2) is 0 Å². The van der Waals surface area contributed by atoms with Crippen LogP contribution < -0.4 is 0 Å². The third kappa shape index (κ3) is 1.52. The van der Waals surface area contributed by atoms with Crippen LogP contribution in [-0.4, -0.2) is 14.8 Å². The van der Waals surface area contributed by atoms with Gasteiger partial charge in [0.2, 0.25) is 0 Å². The van der Waals surface area contributed by atoms with E-state index in [1.165, 1.54) is 4.68 Å². The zero-order chi connectivity index (χ0) is 9.47. The van der Waals surface area contributed by atoms with Gasteiger partial charge in [-0.1, -0.05) is 0 Å². The molecule has 0 saturated carbocycles. The Kier molecular flexibility index (Phi) is 1.78. The number of nitrogens with zero attached hydrogens (tertiary/aromatic N) is 3. The molecule has 0 bridgehead atoms. The van der Waals surface area contributed by atoms with Crippen molar-refractivity contribution < 1.29 is 13.2 Å². The molecule has 0 atom stereocenters. The topological polar surface area (TPSA) is 30.7 Å². The minimum atomic E-state index is -4.41. The number of fused-ring (bicyclic) bond motifs is 1. The Labute approximate surface area is 72.6 Å². The first kappa shape index (κ1) is 8.52. The van der Waals surface area contributed by atoms with E-state index in [0.717, 1.165) is 12.8 Å². The van der Waals surface area contributed by atoms with Crippen LogP contribution in [0.4, 0.5) is 13.2 Å². The van der Waals surface area contributed by atoms with Crippen molar-refractivity contribution in [3.63, 3.8) is 0 Å². The summed E-state index contributed by atoms with van der Waals surface area (Å²) in [6.45, 7) is 0.554. The van der Waals surface area contributed by atoms with Gasteiger partial charge < -0.3 is 0 Å². The second kappa shape index (κ2) is 2.71. The van der Waals surface area contributed by atoms with Gasteiger partial charge in [-0.3, -0.25) is 0 Å². The molecule has 0 spiro atoms. The summed E-state index contributed by atoms with van der Waals surface area (Å²) in [6, 6.07) is 0.